The third kappa shape index (κ3) is 6.12. The molecule has 2 nitrogen and oxygen atoms in total. The Bertz CT molecular complexity index is 160. The van der Waals surface area contributed by atoms with Crippen molar-refractivity contribution in [1.29, 1.82) is 0 Å². The van der Waals surface area contributed by atoms with Crippen LogP contribution in [0.1, 0.15) is 39.0 Å². The van der Waals surface area contributed by atoms with Crippen molar-refractivity contribution >= 4 is 11.8 Å². The summed E-state index contributed by atoms with van der Waals surface area (Å²) >= 11 is 1.96. The third-order valence-electron chi connectivity index (χ3n) is 3.41. The lowest BCUT2D eigenvalue weighted by Crippen LogP contribution is -2.34. The van der Waals surface area contributed by atoms with E-state index in [-0.39, 0.29) is 0 Å². The number of hydrogen-bond acceptors (Lipinski definition) is 3. The average Bonchev–Trinajstić information content (AvgIpc) is 2.81. The molecule has 1 saturated heterocycles. The Labute approximate surface area is 105 Å². The fourth-order valence-electron chi connectivity index (χ4n) is 2.17. The van der Waals surface area contributed by atoms with Gasteiger partial charge in [0.15, 0.2) is 0 Å². The van der Waals surface area contributed by atoms with Gasteiger partial charge in [0.25, 0.3) is 0 Å². The quantitative estimate of drug-likeness (QED) is 0.631. The third-order valence-corrected chi connectivity index (χ3v) is 4.11. The van der Waals surface area contributed by atoms with E-state index in [1.54, 1.807) is 0 Å². The molecule has 1 N–H and O–H groups in total. The molecule has 0 aromatic rings. The molecule has 0 aromatic carbocycles. The van der Waals surface area contributed by atoms with Gasteiger partial charge in [-0.15, -0.1) is 0 Å². The topological polar surface area (TPSA) is 21.3 Å². The van der Waals surface area contributed by atoms with E-state index in [1.165, 1.54) is 44.4 Å². The molecular weight excluding hydrogens is 218 g/mol. The second kappa shape index (κ2) is 9.32. The molecule has 2 unspecified atom stereocenters. The van der Waals surface area contributed by atoms with Crippen molar-refractivity contribution in [2.75, 3.05) is 31.8 Å². The molecule has 0 aromatic heterocycles. The van der Waals surface area contributed by atoms with E-state index < -0.39 is 0 Å². The Morgan fingerprint density at radius 1 is 1.31 bits per heavy atom. The Balaban J connectivity index is 1.86. The average molecular weight is 245 g/mol. The molecule has 96 valence electrons. The minimum atomic E-state index is 0.633. The van der Waals surface area contributed by atoms with E-state index in [0.717, 1.165) is 19.1 Å². The highest BCUT2D eigenvalue weighted by Crippen LogP contribution is 2.16. The van der Waals surface area contributed by atoms with Crippen molar-refractivity contribution in [3.8, 4) is 0 Å². The van der Waals surface area contributed by atoms with Gasteiger partial charge in [0, 0.05) is 12.6 Å². The minimum absolute atomic E-state index is 0.633. The molecule has 0 saturated carbocycles. The van der Waals surface area contributed by atoms with Crippen LogP contribution < -0.4 is 5.32 Å². The van der Waals surface area contributed by atoms with E-state index in [9.17, 15) is 0 Å². The van der Waals surface area contributed by atoms with Gasteiger partial charge in [-0.3, -0.25) is 0 Å². The highest BCUT2D eigenvalue weighted by Gasteiger charge is 2.21. The van der Waals surface area contributed by atoms with E-state index in [0.29, 0.717) is 6.04 Å². The van der Waals surface area contributed by atoms with Gasteiger partial charge in [-0.25, -0.2) is 0 Å². The molecule has 0 aliphatic carbocycles. The molecule has 2 atom stereocenters. The highest BCUT2D eigenvalue weighted by molar-refractivity contribution is 7.98. The van der Waals surface area contributed by atoms with Crippen molar-refractivity contribution < 1.29 is 4.74 Å². The minimum Gasteiger partial charge on any atom is -0.381 e. The zero-order valence-corrected chi connectivity index (χ0v) is 11.7. The van der Waals surface area contributed by atoms with Crippen LogP contribution >= 0.6 is 11.8 Å². The summed E-state index contributed by atoms with van der Waals surface area (Å²) < 4.78 is 5.41. The predicted octanol–water partition coefficient (Wildman–Crippen LogP) is 2.92. The van der Waals surface area contributed by atoms with Gasteiger partial charge < -0.3 is 10.1 Å². The molecule has 0 spiro atoms. The first-order valence-electron chi connectivity index (χ1n) is 6.64. The van der Waals surface area contributed by atoms with Crippen molar-refractivity contribution in [2.24, 2.45) is 5.92 Å². The summed E-state index contributed by atoms with van der Waals surface area (Å²) in [5.74, 6) is 2.07. The van der Waals surface area contributed by atoms with Gasteiger partial charge in [-0.05, 0) is 50.7 Å². The summed E-state index contributed by atoms with van der Waals surface area (Å²) in [6.45, 7) is 5.40. The van der Waals surface area contributed by atoms with Crippen molar-refractivity contribution in [2.45, 2.75) is 45.1 Å². The van der Waals surface area contributed by atoms with E-state index >= 15 is 0 Å². The lowest BCUT2D eigenvalue weighted by molar-refractivity contribution is 0.178. The van der Waals surface area contributed by atoms with Crippen molar-refractivity contribution in [1.82, 2.24) is 5.32 Å². The first kappa shape index (κ1) is 14.3. The molecule has 1 rings (SSSR count). The Hall–Kier alpha value is 0.270. The summed E-state index contributed by atoms with van der Waals surface area (Å²) in [6.07, 6.45) is 8.90. The smallest absolute Gasteiger partial charge is 0.0509 e. The maximum atomic E-state index is 5.41. The monoisotopic (exact) mass is 245 g/mol. The molecule has 16 heavy (non-hydrogen) atoms. The standard InChI is InChI=1S/C13H27NOS/c1-12(13-7-9-15-11-13)14-8-5-3-4-6-10-16-2/h12-14H,3-11H2,1-2H3. The number of nitrogens with one attached hydrogen (secondary N) is 1. The number of ether oxygens (including phenoxy) is 1. The summed E-state index contributed by atoms with van der Waals surface area (Å²) in [7, 11) is 0. The van der Waals surface area contributed by atoms with E-state index in [1.807, 2.05) is 11.8 Å². The van der Waals surface area contributed by atoms with Crippen molar-refractivity contribution in [3.63, 3.8) is 0 Å². The van der Waals surface area contributed by atoms with Crippen LogP contribution in [-0.4, -0.2) is 37.8 Å². The fourth-order valence-corrected chi connectivity index (χ4v) is 2.66. The first-order valence-corrected chi connectivity index (χ1v) is 8.04. The number of thioether (sulfide) groups is 1. The van der Waals surface area contributed by atoms with Gasteiger partial charge in [-0.2, -0.15) is 11.8 Å². The van der Waals surface area contributed by atoms with Gasteiger partial charge >= 0.3 is 0 Å². The molecule has 1 fully saturated rings. The lowest BCUT2D eigenvalue weighted by Gasteiger charge is -2.19. The van der Waals surface area contributed by atoms with Gasteiger partial charge in [-0.1, -0.05) is 12.8 Å². The predicted molar refractivity (Wildman–Crippen MR) is 73.2 cm³/mol. The Morgan fingerprint density at radius 3 is 2.81 bits per heavy atom. The normalized spacial score (nSPS) is 22.5. The largest absolute Gasteiger partial charge is 0.381 e. The van der Waals surface area contributed by atoms with E-state index in [4.69, 9.17) is 4.74 Å². The van der Waals surface area contributed by atoms with Gasteiger partial charge in [0.1, 0.15) is 0 Å². The lowest BCUT2D eigenvalue weighted by atomic mass is 10.0. The molecular formula is C13H27NOS. The van der Waals surface area contributed by atoms with Crippen LogP contribution in [-0.2, 0) is 4.74 Å². The van der Waals surface area contributed by atoms with Gasteiger partial charge in [0.2, 0.25) is 0 Å². The number of unbranched alkanes of at least 4 members (excludes halogenated alkanes) is 3. The van der Waals surface area contributed by atoms with Crippen LogP contribution in [0.25, 0.3) is 0 Å². The maximum absolute atomic E-state index is 5.41. The van der Waals surface area contributed by atoms with Crippen LogP contribution in [0, 0.1) is 5.92 Å². The molecule has 1 heterocycles. The zero-order chi connectivity index (χ0) is 11.6. The second-order valence-corrected chi connectivity index (χ2v) is 5.76. The molecule has 3 heteroatoms. The van der Waals surface area contributed by atoms with Crippen LogP contribution in [0.5, 0.6) is 0 Å². The first-order chi connectivity index (χ1) is 7.84. The Kier molecular flexibility index (Phi) is 8.34. The van der Waals surface area contributed by atoms with Gasteiger partial charge in [0.05, 0.1) is 6.61 Å². The summed E-state index contributed by atoms with van der Waals surface area (Å²) in [4.78, 5) is 0. The SMILES string of the molecule is CSCCCCCCNC(C)C1CCOC1. The van der Waals surface area contributed by atoms with Crippen LogP contribution in [0.2, 0.25) is 0 Å². The van der Waals surface area contributed by atoms with Crippen LogP contribution in [0.15, 0.2) is 0 Å². The molecule has 1 aliphatic rings. The second-order valence-electron chi connectivity index (χ2n) is 4.77. The summed E-state index contributed by atoms with van der Waals surface area (Å²) in [6, 6.07) is 0.633. The van der Waals surface area contributed by atoms with E-state index in [2.05, 4.69) is 18.5 Å². The zero-order valence-electron chi connectivity index (χ0n) is 10.8. The molecule has 0 radical (unpaired) electrons. The number of hydrogen-bond donors (Lipinski definition) is 1. The molecule has 0 bridgehead atoms. The molecule has 0 amide bonds. The van der Waals surface area contributed by atoms with Crippen molar-refractivity contribution in [3.05, 3.63) is 0 Å². The summed E-state index contributed by atoms with van der Waals surface area (Å²) in [5, 5.41) is 3.63. The van der Waals surface area contributed by atoms with Crippen LogP contribution in [0.4, 0.5) is 0 Å². The molecule has 1 aliphatic heterocycles. The highest BCUT2D eigenvalue weighted by atomic mass is 32.2. The Morgan fingerprint density at radius 2 is 2.12 bits per heavy atom. The number of rotatable bonds is 9. The van der Waals surface area contributed by atoms with Crippen LogP contribution in [0.3, 0.4) is 0 Å². The fraction of sp³-hybridized carbons (Fsp3) is 1.00. The summed E-state index contributed by atoms with van der Waals surface area (Å²) in [5.41, 5.74) is 0. The maximum Gasteiger partial charge on any atom is 0.0509 e.